The molecule has 4 nitrogen and oxygen atoms in total. The van der Waals surface area contributed by atoms with Crippen molar-refractivity contribution in [1.29, 1.82) is 0 Å². The Morgan fingerprint density at radius 2 is 1.93 bits per heavy atom. The summed E-state index contributed by atoms with van der Waals surface area (Å²) >= 11 is 0. The highest BCUT2D eigenvalue weighted by Crippen LogP contribution is 2.19. The fourth-order valence-corrected chi connectivity index (χ4v) is 1.20. The first kappa shape index (κ1) is 8.77. The molecule has 1 heterocycles. The molecule has 4 heteroatoms. The van der Waals surface area contributed by atoms with E-state index in [4.69, 9.17) is 16.0 Å². The molecule has 0 atom stereocenters. The molecule has 0 radical (unpaired) electrons. The van der Waals surface area contributed by atoms with Crippen LogP contribution in [0, 0.1) is 0 Å². The monoisotopic (exact) mass is 189 g/mol. The summed E-state index contributed by atoms with van der Waals surface area (Å²) in [5, 5.41) is 3.89. The quantitative estimate of drug-likeness (QED) is 0.699. The average Bonchev–Trinajstić information content (AvgIpc) is 2.67. The van der Waals surface area contributed by atoms with Gasteiger partial charge >= 0.3 is 0 Å². The molecule has 72 valence electrons. The third-order valence-corrected chi connectivity index (χ3v) is 1.97. The number of aromatic nitrogens is 1. The van der Waals surface area contributed by atoms with Crippen LogP contribution in [-0.4, -0.2) is 5.16 Å². The summed E-state index contributed by atoms with van der Waals surface area (Å²) in [7, 11) is 0. The number of hydrogen-bond donors (Lipinski definition) is 2. The van der Waals surface area contributed by atoms with Crippen LogP contribution in [-0.2, 0) is 6.54 Å². The number of nitrogens with zero attached hydrogens (tertiary/aromatic N) is 1. The van der Waals surface area contributed by atoms with Crippen LogP contribution in [0.3, 0.4) is 0 Å². The molecule has 0 aliphatic carbocycles. The SMILES string of the molecule is NCc1cc(-c2ccc(N)cc2)no1. The molecule has 2 rings (SSSR count). The highest BCUT2D eigenvalue weighted by Gasteiger charge is 2.04. The van der Waals surface area contributed by atoms with Gasteiger partial charge in [0, 0.05) is 17.3 Å². The van der Waals surface area contributed by atoms with Crippen molar-refractivity contribution in [3.63, 3.8) is 0 Å². The number of rotatable bonds is 2. The van der Waals surface area contributed by atoms with Gasteiger partial charge in [-0.25, -0.2) is 0 Å². The van der Waals surface area contributed by atoms with Crippen LogP contribution in [0.15, 0.2) is 34.9 Å². The van der Waals surface area contributed by atoms with E-state index in [1.54, 1.807) is 0 Å². The molecule has 14 heavy (non-hydrogen) atoms. The second-order valence-electron chi connectivity index (χ2n) is 3.00. The molecule has 1 aromatic carbocycles. The fourth-order valence-electron chi connectivity index (χ4n) is 1.20. The van der Waals surface area contributed by atoms with Gasteiger partial charge in [-0.3, -0.25) is 0 Å². The van der Waals surface area contributed by atoms with Crippen molar-refractivity contribution >= 4 is 5.69 Å². The van der Waals surface area contributed by atoms with E-state index in [2.05, 4.69) is 5.16 Å². The molecule has 0 saturated carbocycles. The molecule has 0 bridgehead atoms. The molecular weight excluding hydrogens is 178 g/mol. The Bertz CT molecular complexity index is 419. The minimum absolute atomic E-state index is 0.363. The maximum absolute atomic E-state index is 5.57. The summed E-state index contributed by atoms with van der Waals surface area (Å²) < 4.78 is 4.99. The summed E-state index contributed by atoms with van der Waals surface area (Å²) in [6.45, 7) is 0.363. The normalized spacial score (nSPS) is 10.4. The number of nitrogens with two attached hydrogens (primary N) is 2. The van der Waals surface area contributed by atoms with Crippen LogP contribution < -0.4 is 11.5 Å². The summed E-state index contributed by atoms with van der Waals surface area (Å²) in [5.74, 6) is 0.678. The summed E-state index contributed by atoms with van der Waals surface area (Å²) in [6, 6.07) is 9.27. The van der Waals surface area contributed by atoms with Gasteiger partial charge in [0.05, 0.1) is 6.54 Å². The standard InChI is InChI=1S/C10H11N3O/c11-6-9-5-10(13-14-9)7-1-3-8(12)4-2-7/h1-5H,6,11-12H2. The summed E-state index contributed by atoms with van der Waals surface area (Å²) in [6.07, 6.45) is 0. The Labute approximate surface area is 81.5 Å². The molecule has 0 saturated heterocycles. The first-order chi connectivity index (χ1) is 6.79. The molecule has 2 aromatic rings. The minimum atomic E-state index is 0.363. The van der Waals surface area contributed by atoms with Gasteiger partial charge in [0.15, 0.2) is 5.76 Å². The fraction of sp³-hybridized carbons (Fsp3) is 0.100. The van der Waals surface area contributed by atoms with Gasteiger partial charge < -0.3 is 16.0 Å². The van der Waals surface area contributed by atoms with Gasteiger partial charge in [0.1, 0.15) is 5.69 Å². The average molecular weight is 189 g/mol. The molecule has 0 unspecified atom stereocenters. The maximum Gasteiger partial charge on any atom is 0.150 e. The highest BCUT2D eigenvalue weighted by atomic mass is 16.5. The van der Waals surface area contributed by atoms with E-state index < -0.39 is 0 Å². The van der Waals surface area contributed by atoms with Crippen LogP contribution in [0.1, 0.15) is 5.76 Å². The number of benzene rings is 1. The Morgan fingerprint density at radius 1 is 1.21 bits per heavy atom. The second-order valence-corrected chi connectivity index (χ2v) is 3.00. The lowest BCUT2D eigenvalue weighted by Crippen LogP contribution is -1.92. The molecule has 0 amide bonds. The Morgan fingerprint density at radius 3 is 2.50 bits per heavy atom. The van der Waals surface area contributed by atoms with Gasteiger partial charge in [-0.05, 0) is 12.1 Å². The maximum atomic E-state index is 5.57. The first-order valence-electron chi connectivity index (χ1n) is 4.31. The van der Waals surface area contributed by atoms with Crippen molar-refractivity contribution in [2.45, 2.75) is 6.54 Å². The van der Waals surface area contributed by atoms with E-state index in [1.807, 2.05) is 30.3 Å². The lowest BCUT2D eigenvalue weighted by atomic mass is 10.1. The van der Waals surface area contributed by atoms with Gasteiger partial charge in [0.25, 0.3) is 0 Å². The lowest BCUT2D eigenvalue weighted by molar-refractivity contribution is 0.387. The van der Waals surface area contributed by atoms with Gasteiger partial charge in [0.2, 0.25) is 0 Å². The van der Waals surface area contributed by atoms with Gasteiger partial charge in [-0.2, -0.15) is 0 Å². The first-order valence-corrected chi connectivity index (χ1v) is 4.31. The third kappa shape index (κ3) is 1.60. The Hall–Kier alpha value is -1.81. The van der Waals surface area contributed by atoms with Crippen molar-refractivity contribution in [1.82, 2.24) is 5.16 Å². The van der Waals surface area contributed by atoms with E-state index in [0.717, 1.165) is 16.9 Å². The zero-order valence-electron chi connectivity index (χ0n) is 7.60. The molecular formula is C10H11N3O. The van der Waals surface area contributed by atoms with Crippen LogP contribution in [0.2, 0.25) is 0 Å². The third-order valence-electron chi connectivity index (χ3n) is 1.97. The number of nitrogen functional groups attached to an aromatic ring is 1. The van der Waals surface area contributed by atoms with Crippen LogP contribution >= 0.6 is 0 Å². The summed E-state index contributed by atoms with van der Waals surface area (Å²) in [4.78, 5) is 0. The van der Waals surface area contributed by atoms with Crippen molar-refractivity contribution in [2.24, 2.45) is 5.73 Å². The smallest absolute Gasteiger partial charge is 0.150 e. The molecule has 0 aliphatic rings. The molecule has 0 spiro atoms. The second kappa shape index (κ2) is 3.51. The summed E-state index contributed by atoms with van der Waals surface area (Å²) in [5.41, 5.74) is 13.5. The largest absolute Gasteiger partial charge is 0.399 e. The lowest BCUT2D eigenvalue weighted by Gasteiger charge is -1.95. The van der Waals surface area contributed by atoms with Gasteiger partial charge in [-0.15, -0.1) is 0 Å². The van der Waals surface area contributed by atoms with Crippen molar-refractivity contribution < 1.29 is 4.52 Å². The number of hydrogen-bond acceptors (Lipinski definition) is 4. The highest BCUT2D eigenvalue weighted by molar-refractivity contribution is 5.61. The van der Waals surface area contributed by atoms with Crippen molar-refractivity contribution in [3.05, 3.63) is 36.1 Å². The van der Waals surface area contributed by atoms with E-state index in [9.17, 15) is 0 Å². The van der Waals surface area contributed by atoms with E-state index in [0.29, 0.717) is 12.3 Å². The van der Waals surface area contributed by atoms with Crippen LogP contribution in [0.5, 0.6) is 0 Å². The molecule has 0 aliphatic heterocycles. The molecule has 1 aromatic heterocycles. The minimum Gasteiger partial charge on any atom is -0.399 e. The Kier molecular flexibility index (Phi) is 2.20. The van der Waals surface area contributed by atoms with Crippen molar-refractivity contribution in [2.75, 3.05) is 5.73 Å². The topological polar surface area (TPSA) is 78.1 Å². The van der Waals surface area contributed by atoms with Crippen molar-refractivity contribution in [3.8, 4) is 11.3 Å². The zero-order valence-corrected chi connectivity index (χ0v) is 7.60. The van der Waals surface area contributed by atoms with E-state index in [-0.39, 0.29) is 0 Å². The Balaban J connectivity index is 2.34. The number of anilines is 1. The predicted octanol–water partition coefficient (Wildman–Crippen LogP) is 1.38. The van der Waals surface area contributed by atoms with E-state index in [1.165, 1.54) is 0 Å². The van der Waals surface area contributed by atoms with Crippen LogP contribution in [0.4, 0.5) is 5.69 Å². The molecule has 4 N–H and O–H groups in total. The van der Waals surface area contributed by atoms with Gasteiger partial charge in [-0.1, -0.05) is 17.3 Å². The zero-order chi connectivity index (χ0) is 9.97. The van der Waals surface area contributed by atoms with E-state index >= 15 is 0 Å². The van der Waals surface area contributed by atoms with Crippen LogP contribution in [0.25, 0.3) is 11.3 Å². The molecule has 0 fully saturated rings. The predicted molar refractivity (Wildman–Crippen MR) is 54.2 cm³/mol.